The summed E-state index contributed by atoms with van der Waals surface area (Å²) in [5.74, 6) is 0.517. The molecule has 0 unspecified atom stereocenters. The van der Waals surface area contributed by atoms with Crippen molar-refractivity contribution < 1.29 is 0 Å². The predicted octanol–water partition coefficient (Wildman–Crippen LogP) is 5.23. The molecule has 5 nitrogen and oxygen atoms in total. The normalized spacial score (nSPS) is 9.67. The predicted molar refractivity (Wildman–Crippen MR) is 120 cm³/mol. The van der Waals surface area contributed by atoms with Crippen molar-refractivity contribution in [3.05, 3.63) is 59.9 Å². The monoisotopic (exact) mass is 383 g/mol. The number of anilines is 2. The van der Waals surface area contributed by atoms with Crippen molar-refractivity contribution in [1.82, 2.24) is 9.97 Å². The standard InChI is InChI=1S/C19H20N4S.CH5N.CH4/c1-11(2)21-19-23-17(14-7-5-6-12(3)8-14)18(24-19)15-9-13(4)22-16(20)10-15;1-2;/h5-10H,1H2,2-4H3,(H2,20,22)(H,21,23);2H2,1H3;1H4. The van der Waals surface area contributed by atoms with Crippen LogP contribution < -0.4 is 16.8 Å². The van der Waals surface area contributed by atoms with Crippen molar-refractivity contribution >= 4 is 22.3 Å². The van der Waals surface area contributed by atoms with Gasteiger partial charge in [-0.2, -0.15) is 0 Å². The molecule has 5 N–H and O–H groups in total. The molecule has 0 atom stereocenters. The van der Waals surface area contributed by atoms with Crippen molar-refractivity contribution in [2.45, 2.75) is 28.2 Å². The second-order valence-corrected chi connectivity index (χ2v) is 6.89. The Morgan fingerprint density at radius 1 is 1.07 bits per heavy atom. The molecule has 1 aromatic carbocycles. The number of pyridine rings is 1. The minimum absolute atomic E-state index is 0. The van der Waals surface area contributed by atoms with Crippen molar-refractivity contribution in [1.29, 1.82) is 0 Å². The van der Waals surface area contributed by atoms with Crippen LogP contribution in [0.1, 0.15) is 25.6 Å². The van der Waals surface area contributed by atoms with Crippen LogP contribution in [0.3, 0.4) is 0 Å². The maximum atomic E-state index is 5.94. The number of nitrogens with one attached hydrogen (secondary N) is 1. The van der Waals surface area contributed by atoms with Crippen molar-refractivity contribution in [3.8, 4) is 21.7 Å². The summed E-state index contributed by atoms with van der Waals surface area (Å²) in [6.07, 6.45) is 0. The molecule has 6 heteroatoms. The van der Waals surface area contributed by atoms with Crippen LogP contribution in [0.4, 0.5) is 10.9 Å². The summed E-state index contributed by atoms with van der Waals surface area (Å²) in [7, 11) is 1.50. The van der Waals surface area contributed by atoms with E-state index >= 15 is 0 Å². The van der Waals surface area contributed by atoms with Crippen LogP contribution in [0.5, 0.6) is 0 Å². The summed E-state index contributed by atoms with van der Waals surface area (Å²) < 4.78 is 0. The van der Waals surface area contributed by atoms with Crippen LogP contribution in [0.2, 0.25) is 0 Å². The van der Waals surface area contributed by atoms with Gasteiger partial charge in [-0.15, -0.1) is 0 Å². The lowest BCUT2D eigenvalue weighted by atomic mass is 10.0. The number of aromatic nitrogens is 2. The van der Waals surface area contributed by atoms with Gasteiger partial charge < -0.3 is 16.8 Å². The van der Waals surface area contributed by atoms with Gasteiger partial charge in [0.05, 0.1) is 10.6 Å². The average Bonchev–Trinajstić information content (AvgIpc) is 2.99. The Labute approximate surface area is 166 Å². The fourth-order valence-electron chi connectivity index (χ4n) is 2.57. The van der Waals surface area contributed by atoms with Gasteiger partial charge in [0.15, 0.2) is 5.13 Å². The number of nitrogen functional groups attached to an aromatic ring is 1. The number of benzene rings is 1. The number of rotatable bonds is 4. The molecule has 0 aliphatic carbocycles. The third-order valence-corrected chi connectivity index (χ3v) is 4.49. The second-order valence-electron chi connectivity index (χ2n) is 5.89. The van der Waals surface area contributed by atoms with Gasteiger partial charge in [0.1, 0.15) is 5.82 Å². The zero-order valence-electron chi connectivity index (χ0n) is 15.6. The first-order chi connectivity index (χ1) is 12.4. The minimum Gasteiger partial charge on any atom is -0.384 e. The molecule has 0 aliphatic rings. The highest BCUT2D eigenvalue weighted by molar-refractivity contribution is 7.19. The van der Waals surface area contributed by atoms with Gasteiger partial charge in [-0.05, 0) is 51.6 Å². The van der Waals surface area contributed by atoms with Gasteiger partial charge in [-0.3, -0.25) is 0 Å². The Balaban J connectivity index is 0.00000118. The minimum atomic E-state index is 0. The summed E-state index contributed by atoms with van der Waals surface area (Å²) in [6, 6.07) is 12.3. The first-order valence-electron chi connectivity index (χ1n) is 8.25. The maximum absolute atomic E-state index is 5.94. The number of nitrogens with two attached hydrogens (primary N) is 2. The fourth-order valence-corrected chi connectivity index (χ4v) is 3.62. The molecule has 2 aromatic heterocycles. The molecule has 3 rings (SSSR count). The van der Waals surface area contributed by atoms with Gasteiger partial charge in [0.2, 0.25) is 0 Å². The lowest BCUT2D eigenvalue weighted by Gasteiger charge is -2.05. The van der Waals surface area contributed by atoms with Gasteiger partial charge in [-0.25, -0.2) is 9.97 Å². The highest BCUT2D eigenvalue weighted by Gasteiger charge is 2.16. The molecule has 27 heavy (non-hydrogen) atoms. The number of hydrogen-bond acceptors (Lipinski definition) is 6. The van der Waals surface area contributed by atoms with E-state index in [1.54, 1.807) is 11.3 Å². The van der Waals surface area contributed by atoms with E-state index in [1.807, 2.05) is 32.0 Å². The van der Waals surface area contributed by atoms with E-state index in [-0.39, 0.29) is 7.43 Å². The third kappa shape index (κ3) is 5.64. The molecule has 144 valence electrons. The van der Waals surface area contributed by atoms with E-state index in [9.17, 15) is 0 Å². The van der Waals surface area contributed by atoms with Crippen molar-refractivity contribution in [2.24, 2.45) is 5.73 Å². The quantitative estimate of drug-likeness (QED) is 0.574. The van der Waals surface area contributed by atoms with Crippen molar-refractivity contribution in [2.75, 3.05) is 18.1 Å². The van der Waals surface area contributed by atoms with Gasteiger partial charge in [0, 0.05) is 17.0 Å². The first-order valence-corrected chi connectivity index (χ1v) is 9.06. The molecule has 2 heterocycles. The summed E-state index contributed by atoms with van der Waals surface area (Å²) in [6.45, 7) is 9.85. The Kier molecular flexibility index (Phi) is 8.15. The number of allylic oxidation sites excluding steroid dienone is 1. The van der Waals surface area contributed by atoms with Crippen LogP contribution in [0.15, 0.2) is 48.7 Å². The third-order valence-electron chi connectivity index (χ3n) is 3.47. The number of thiazole rings is 1. The zero-order chi connectivity index (χ0) is 19.3. The number of nitrogens with zero attached hydrogens (tertiary/aromatic N) is 2. The van der Waals surface area contributed by atoms with E-state index in [4.69, 9.17) is 10.7 Å². The van der Waals surface area contributed by atoms with E-state index in [1.165, 1.54) is 12.6 Å². The van der Waals surface area contributed by atoms with E-state index in [2.05, 4.69) is 47.7 Å². The number of aryl methyl sites for hydroxylation is 2. The lowest BCUT2D eigenvalue weighted by molar-refractivity contribution is 1.21. The Bertz CT molecular complexity index is 894. The lowest BCUT2D eigenvalue weighted by Crippen LogP contribution is -1.93. The molecule has 3 aromatic rings. The Morgan fingerprint density at radius 2 is 1.78 bits per heavy atom. The molecule has 0 fully saturated rings. The van der Waals surface area contributed by atoms with Crippen molar-refractivity contribution in [3.63, 3.8) is 0 Å². The maximum Gasteiger partial charge on any atom is 0.188 e. The highest BCUT2D eigenvalue weighted by atomic mass is 32.1. The summed E-state index contributed by atoms with van der Waals surface area (Å²) >= 11 is 1.59. The summed E-state index contributed by atoms with van der Waals surface area (Å²) in [5.41, 5.74) is 16.5. The van der Waals surface area contributed by atoms with E-state index in [0.29, 0.717) is 5.82 Å². The molecule has 0 radical (unpaired) electrons. The van der Waals surface area contributed by atoms with Crippen LogP contribution in [0, 0.1) is 13.8 Å². The fraction of sp³-hybridized carbons (Fsp3) is 0.238. The zero-order valence-corrected chi connectivity index (χ0v) is 16.4. The van der Waals surface area contributed by atoms with Crippen LogP contribution in [0.25, 0.3) is 21.7 Å². The molecule has 0 spiro atoms. The molecule has 0 amide bonds. The topological polar surface area (TPSA) is 89.8 Å². The Hall–Kier alpha value is -2.70. The first kappa shape index (κ1) is 22.3. The molecular formula is C21H29N5S. The van der Waals surface area contributed by atoms with Crippen LogP contribution in [-0.2, 0) is 0 Å². The number of hydrogen-bond donors (Lipinski definition) is 3. The second kappa shape index (κ2) is 9.85. The molecular weight excluding hydrogens is 354 g/mol. The van der Waals surface area contributed by atoms with E-state index in [0.717, 1.165) is 38.2 Å². The molecule has 0 saturated heterocycles. The Morgan fingerprint density at radius 3 is 2.37 bits per heavy atom. The highest BCUT2D eigenvalue weighted by Crippen LogP contribution is 2.40. The summed E-state index contributed by atoms with van der Waals surface area (Å²) in [4.78, 5) is 10.1. The SMILES string of the molecule is C.C=C(C)Nc1nc(-c2cccc(C)c2)c(-c2cc(C)nc(N)c2)s1.CN. The smallest absolute Gasteiger partial charge is 0.188 e. The van der Waals surface area contributed by atoms with Gasteiger partial charge in [-0.1, -0.05) is 49.1 Å². The summed E-state index contributed by atoms with van der Waals surface area (Å²) in [5, 5.41) is 4.04. The van der Waals surface area contributed by atoms with Gasteiger partial charge >= 0.3 is 0 Å². The molecule has 0 bridgehead atoms. The molecule has 0 aliphatic heterocycles. The van der Waals surface area contributed by atoms with Crippen LogP contribution >= 0.6 is 11.3 Å². The van der Waals surface area contributed by atoms with E-state index < -0.39 is 0 Å². The molecule has 0 saturated carbocycles. The average molecular weight is 384 g/mol. The van der Waals surface area contributed by atoms with Crippen LogP contribution in [-0.4, -0.2) is 17.0 Å². The van der Waals surface area contributed by atoms with Gasteiger partial charge in [0.25, 0.3) is 0 Å². The largest absolute Gasteiger partial charge is 0.384 e.